The van der Waals surface area contributed by atoms with E-state index in [1.807, 2.05) is 6.92 Å². The van der Waals surface area contributed by atoms with Gasteiger partial charge in [0.05, 0.1) is 30.6 Å². The summed E-state index contributed by atoms with van der Waals surface area (Å²) in [5.74, 6) is 0.808. The first-order valence-electron chi connectivity index (χ1n) is 8.60. The zero-order chi connectivity index (χ0) is 18.8. The standard InChI is InChI=1S/C19H18FN3O3S/c1-12-17(27-11-22-12)19(24)23-6-7-25-16(10-23)18-21-9-15(26-18)8-13-2-4-14(20)5-3-13/h2-5,9,11,16H,6-8,10H2,1H3/t16-/m1/s1. The first kappa shape index (κ1) is 17.8. The van der Waals surface area contributed by atoms with Crippen LogP contribution in [-0.2, 0) is 11.2 Å². The first-order chi connectivity index (χ1) is 13.1. The highest BCUT2D eigenvalue weighted by Crippen LogP contribution is 2.25. The summed E-state index contributed by atoms with van der Waals surface area (Å²) in [5.41, 5.74) is 3.35. The highest BCUT2D eigenvalue weighted by atomic mass is 32.1. The Hall–Kier alpha value is -2.58. The molecule has 1 aliphatic heterocycles. The molecule has 6 nitrogen and oxygen atoms in total. The lowest BCUT2D eigenvalue weighted by Gasteiger charge is -2.31. The third-order valence-corrected chi connectivity index (χ3v) is 5.35. The number of thiazole rings is 1. The fourth-order valence-corrected chi connectivity index (χ4v) is 3.76. The van der Waals surface area contributed by atoms with Gasteiger partial charge in [0.2, 0.25) is 5.89 Å². The van der Waals surface area contributed by atoms with Crippen LogP contribution in [0.1, 0.15) is 38.7 Å². The van der Waals surface area contributed by atoms with Crippen molar-refractivity contribution in [3.8, 4) is 0 Å². The molecule has 0 spiro atoms. The van der Waals surface area contributed by atoms with Gasteiger partial charge in [0.15, 0.2) is 6.10 Å². The molecule has 0 bridgehead atoms. The van der Waals surface area contributed by atoms with Crippen LogP contribution in [0.2, 0.25) is 0 Å². The van der Waals surface area contributed by atoms with E-state index in [1.54, 1.807) is 28.7 Å². The van der Waals surface area contributed by atoms with Crippen LogP contribution in [0, 0.1) is 12.7 Å². The van der Waals surface area contributed by atoms with Gasteiger partial charge in [-0.2, -0.15) is 0 Å². The minimum Gasteiger partial charge on any atom is -0.442 e. The van der Waals surface area contributed by atoms with Crippen LogP contribution in [0.3, 0.4) is 0 Å². The van der Waals surface area contributed by atoms with Gasteiger partial charge in [0, 0.05) is 13.0 Å². The predicted molar refractivity (Wildman–Crippen MR) is 97.2 cm³/mol. The summed E-state index contributed by atoms with van der Waals surface area (Å²) in [6, 6.07) is 6.27. The van der Waals surface area contributed by atoms with Crippen LogP contribution in [0.25, 0.3) is 0 Å². The highest BCUT2D eigenvalue weighted by Gasteiger charge is 2.30. The van der Waals surface area contributed by atoms with Crippen LogP contribution in [0.15, 0.2) is 40.4 Å². The summed E-state index contributed by atoms with van der Waals surface area (Å²) in [7, 11) is 0. The second-order valence-corrected chi connectivity index (χ2v) is 7.20. The van der Waals surface area contributed by atoms with Crippen molar-refractivity contribution in [1.29, 1.82) is 0 Å². The van der Waals surface area contributed by atoms with Gasteiger partial charge in [-0.1, -0.05) is 12.1 Å². The molecule has 4 rings (SSSR count). The molecular weight excluding hydrogens is 369 g/mol. The fourth-order valence-electron chi connectivity index (χ4n) is 2.99. The number of hydrogen-bond acceptors (Lipinski definition) is 6. The normalized spacial score (nSPS) is 17.3. The van der Waals surface area contributed by atoms with Crippen molar-refractivity contribution in [2.24, 2.45) is 0 Å². The molecule has 140 valence electrons. The zero-order valence-corrected chi connectivity index (χ0v) is 15.5. The number of aromatic nitrogens is 2. The fraction of sp³-hybridized carbons (Fsp3) is 0.316. The Labute approximate surface area is 159 Å². The van der Waals surface area contributed by atoms with Crippen molar-refractivity contribution >= 4 is 17.2 Å². The average molecular weight is 387 g/mol. The Morgan fingerprint density at radius 1 is 1.33 bits per heavy atom. The van der Waals surface area contributed by atoms with E-state index < -0.39 is 6.10 Å². The van der Waals surface area contributed by atoms with Gasteiger partial charge >= 0.3 is 0 Å². The monoisotopic (exact) mass is 387 g/mol. The molecule has 0 saturated carbocycles. The van der Waals surface area contributed by atoms with Gasteiger partial charge in [-0.3, -0.25) is 4.79 Å². The molecule has 3 aromatic rings. The van der Waals surface area contributed by atoms with E-state index in [1.165, 1.54) is 23.5 Å². The van der Waals surface area contributed by atoms with Crippen molar-refractivity contribution in [3.63, 3.8) is 0 Å². The summed E-state index contributed by atoms with van der Waals surface area (Å²) in [5, 5.41) is 0. The second-order valence-electron chi connectivity index (χ2n) is 6.35. The van der Waals surface area contributed by atoms with E-state index >= 15 is 0 Å². The van der Waals surface area contributed by atoms with E-state index in [0.717, 1.165) is 11.3 Å². The van der Waals surface area contributed by atoms with E-state index in [0.29, 0.717) is 42.6 Å². The summed E-state index contributed by atoms with van der Waals surface area (Å²) >= 11 is 1.35. The molecule has 0 N–H and O–H groups in total. The number of hydrogen-bond donors (Lipinski definition) is 0. The van der Waals surface area contributed by atoms with Gasteiger partial charge in [-0.25, -0.2) is 14.4 Å². The molecule has 0 radical (unpaired) electrons. The molecule has 1 saturated heterocycles. The molecule has 27 heavy (non-hydrogen) atoms. The molecule has 1 amide bonds. The number of ether oxygens (including phenoxy) is 1. The Kier molecular flexibility index (Phi) is 5.00. The Morgan fingerprint density at radius 2 is 2.15 bits per heavy atom. The predicted octanol–water partition coefficient (Wildman–Crippen LogP) is 3.38. The molecule has 1 atom stereocenters. The molecule has 1 aromatic carbocycles. The third-order valence-electron chi connectivity index (χ3n) is 4.43. The molecule has 0 aliphatic carbocycles. The van der Waals surface area contributed by atoms with Crippen LogP contribution < -0.4 is 0 Å². The number of rotatable bonds is 4. The average Bonchev–Trinajstić information content (AvgIpc) is 3.32. The van der Waals surface area contributed by atoms with Crippen molar-refractivity contribution < 1.29 is 18.3 Å². The lowest BCUT2D eigenvalue weighted by Crippen LogP contribution is -2.42. The lowest BCUT2D eigenvalue weighted by molar-refractivity contribution is -0.0348. The van der Waals surface area contributed by atoms with Crippen LogP contribution >= 0.6 is 11.3 Å². The number of halogens is 1. The number of carbonyl (C=O) groups excluding carboxylic acids is 1. The number of amides is 1. The van der Waals surface area contributed by atoms with Gasteiger partial charge in [-0.15, -0.1) is 11.3 Å². The molecule has 1 aliphatic rings. The number of benzene rings is 1. The van der Waals surface area contributed by atoms with Crippen molar-refractivity contribution in [3.05, 3.63) is 69.6 Å². The van der Waals surface area contributed by atoms with Crippen LogP contribution in [-0.4, -0.2) is 40.5 Å². The maximum atomic E-state index is 13.0. The molecule has 1 fully saturated rings. The number of carbonyl (C=O) groups is 1. The maximum absolute atomic E-state index is 13.0. The number of aryl methyl sites for hydroxylation is 1. The summed E-state index contributed by atoms with van der Waals surface area (Å²) in [6.07, 6.45) is 1.76. The Balaban J connectivity index is 1.44. The van der Waals surface area contributed by atoms with Crippen molar-refractivity contribution in [2.75, 3.05) is 19.7 Å². The van der Waals surface area contributed by atoms with Crippen molar-refractivity contribution in [1.82, 2.24) is 14.9 Å². The van der Waals surface area contributed by atoms with Crippen molar-refractivity contribution in [2.45, 2.75) is 19.4 Å². The SMILES string of the molecule is Cc1ncsc1C(=O)N1CCO[C@@H](c2ncc(Cc3ccc(F)cc3)o2)C1. The van der Waals surface area contributed by atoms with Crippen LogP contribution in [0.5, 0.6) is 0 Å². The minimum absolute atomic E-state index is 0.0404. The Bertz CT molecular complexity index is 938. The third kappa shape index (κ3) is 3.91. The highest BCUT2D eigenvalue weighted by molar-refractivity contribution is 7.11. The maximum Gasteiger partial charge on any atom is 0.266 e. The van der Waals surface area contributed by atoms with E-state index in [9.17, 15) is 9.18 Å². The largest absolute Gasteiger partial charge is 0.442 e. The molecule has 8 heteroatoms. The van der Waals surface area contributed by atoms with Gasteiger partial charge < -0.3 is 14.1 Å². The molecule has 2 aromatic heterocycles. The number of oxazole rings is 1. The van der Waals surface area contributed by atoms with Gasteiger partial charge in [0.1, 0.15) is 16.5 Å². The van der Waals surface area contributed by atoms with E-state index in [-0.39, 0.29) is 11.7 Å². The number of morpholine rings is 1. The summed E-state index contributed by atoms with van der Waals surface area (Å²) in [4.78, 5) is 23.6. The van der Waals surface area contributed by atoms with Gasteiger partial charge in [0.25, 0.3) is 5.91 Å². The smallest absolute Gasteiger partial charge is 0.266 e. The van der Waals surface area contributed by atoms with Crippen LogP contribution in [0.4, 0.5) is 4.39 Å². The lowest BCUT2D eigenvalue weighted by atomic mass is 10.1. The molecular formula is C19H18FN3O3S. The summed E-state index contributed by atoms with van der Waals surface area (Å²) in [6.45, 7) is 3.16. The quantitative estimate of drug-likeness (QED) is 0.686. The Morgan fingerprint density at radius 3 is 2.89 bits per heavy atom. The second kappa shape index (κ2) is 7.58. The molecule has 3 heterocycles. The van der Waals surface area contributed by atoms with E-state index in [2.05, 4.69) is 9.97 Å². The van der Waals surface area contributed by atoms with Gasteiger partial charge in [-0.05, 0) is 24.6 Å². The minimum atomic E-state index is -0.405. The molecule has 0 unspecified atom stereocenters. The summed E-state index contributed by atoms with van der Waals surface area (Å²) < 4.78 is 24.6. The zero-order valence-electron chi connectivity index (χ0n) is 14.7. The topological polar surface area (TPSA) is 68.5 Å². The first-order valence-corrected chi connectivity index (χ1v) is 9.48. The number of nitrogens with zero attached hydrogens (tertiary/aromatic N) is 3. The van der Waals surface area contributed by atoms with E-state index in [4.69, 9.17) is 9.15 Å².